The van der Waals surface area contributed by atoms with E-state index in [0.29, 0.717) is 21.9 Å². The lowest BCUT2D eigenvalue weighted by atomic mass is 9.95. The first-order valence-corrected chi connectivity index (χ1v) is 9.31. The molecule has 1 unspecified atom stereocenters. The third-order valence-corrected chi connectivity index (χ3v) is 5.07. The number of Topliss-reactive ketones (excluding diaryl/α,β-unsaturated/α-hetero) is 1. The number of aliphatic hydroxyl groups is 1. The van der Waals surface area contributed by atoms with E-state index in [2.05, 4.69) is 5.16 Å². The van der Waals surface area contributed by atoms with E-state index in [-0.39, 0.29) is 17.2 Å². The second-order valence-corrected chi connectivity index (χ2v) is 7.32. The SMILES string of the molecule is Cc1ccc(C2/C(=C(\O)c3ccc(Cl)cc3)C(=O)C(=O)N2c2cc(C)on2)cc1. The van der Waals surface area contributed by atoms with Crippen LogP contribution in [0.2, 0.25) is 5.02 Å². The molecule has 3 aromatic rings. The molecule has 1 aliphatic rings. The van der Waals surface area contributed by atoms with E-state index in [1.165, 1.54) is 4.90 Å². The largest absolute Gasteiger partial charge is 0.507 e. The summed E-state index contributed by atoms with van der Waals surface area (Å²) in [4.78, 5) is 27.1. The van der Waals surface area contributed by atoms with Crippen molar-refractivity contribution in [3.05, 3.63) is 87.6 Å². The number of hydrogen-bond donors (Lipinski definition) is 1. The first kappa shape index (κ1) is 19.0. The van der Waals surface area contributed by atoms with Crippen molar-refractivity contribution < 1.29 is 19.2 Å². The fourth-order valence-electron chi connectivity index (χ4n) is 3.36. The predicted octanol–water partition coefficient (Wildman–Crippen LogP) is 4.57. The number of anilines is 1. The van der Waals surface area contributed by atoms with Gasteiger partial charge in [-0.25, -0.2) is 0 Å². The monoisotopic (exact) mass is 408 g/mol. The summed E-state index contributed by atoms with van der Waals surface area (Å²) >= 11 is 5.93. The second kappa shape index (κ2) is 7.22. The van der Waals surface area contributed by atoms with Crippen molar-refractivity contribution in [3.63, 3.8) is 0 Å². The molecule has 6 nitrogen and oxygen atoms in total. The average molecular weight is 409 g/mol. The zero-order valence-corrected chi connectivity index (χ0v) is 16.5. The van der Waals surface area contributed by atoms with Gasteiger partial charge in [-0.2, -0.15) is 0 Å². The van der Waals surface area contributed by atoms with Gasteiger partial charge in [-0.05, 0) is 43.7 Å². The molecule has 1 aliphatic heterocycles. The van der Waals surface area contributed by atoms with Gasteiger partial charge in [0.05, 0.1) is 11.6 Å². The van der Waals surface area contributed by atoms with Crippen LogP contribution in [-0.4, -0.2) is 22.0 Å². The minimum Gasteiger partial charge on any atom is -0.507 e. The summed E-state index contributed by atoms with van der Waals surface area (Å²) in [5.41, 5.74) is 2.08. The summed E-state index contributed by atoms with van der Waals surface area (Å²) in [6.45, 7) is 3.64. The van der Waals surface area contributed by atoms with E-state index in [1.54, 1.807) is 37.3 Å². The van der Waals surface area contributed by atoms with E-state index >= 15 is 0 Å². The van der Waals surface area contributed by atoms with Crippen molar-refractivity contribution in [2.24, 2.45) is 0 Å². The van der Waals surface area contributed by atoms with Gasteiger partial charge >= 0.3 is 5.91 Å². The molecule has 0 radical (unpaired) electrons. The molecule has 0 bridgehead atoms. The van der Waals surface area contributed by atoms with Gasteiger partial charge in [0.2, 0.25) is 0 Å². The van der Waals surface area contributed by atoms with Crippen LogP contribution in [0.1, 0.15) is 28.5 Å². The van der Waals surface area contributed by atoms with Crippen LogP contribution in [0.5, 0.6) is 0 Å². The van der Waals surface area contributed by atoms with E-state index in [1.807, 2.05) is 31.2 Å². The number of hydrogen-bond acceptors (Lipinski definition) is 5. The quantitative estimate of drug-likeness (QED) is 0.390. The highest BCUT2D eigenvalue weighted by atomic mass is 35.5. The molecule has 1 N–H and O–H groups in total. The summed E-state index contributed by atoms with van der Waals surface area (Å²) in [6.07, 6.45) is 0. The smallest absolute Gasteiger partial charge is 0.301 e. The Morgan fingerprint density at radius 1 is 1.07 bits per heavy atom. The van der Waals surface area contributed by atoms with E-state index in [0.717, 1.165) is 5.56 Å². The molecule has 2 aromatic carbocycles. The predicted molar refractivity (Wildman–Crippen MR) is 109 cm³/mol. The minimum absolute atomic E-state index is 0.0122. The Morgan fingerprint density at radius 2 is 1.72 bits per heavy atom. The normalized spacial score (nSPS) is 18.4. The van der Waals surface area contributed by atoms with E-state index in [9.17, 15) is 14.7 Å². The van der Waals surface area contributed by atoms with Crippen molar-refractivity contribution in [1.82, 2.24) is 5.16 Å². The molecular weight excluding hydrogens is 392 g/mol. The Balaban J connectivity index is 1.93. The molecule has 1 saturated heterocycles. The number of amides is 1. The minimum atomic E-state index is -0.837. The molecule has 0 saturated carbocycles. The number of ketones is 1. The summed E-state index contributed by atoms with van der Waals surface area (Å²) < 4.78 is 5.11. The lowest BCUT2D eigenvalue weighted by molar-refractivity contribution is -0.132. The van der Waals surface area contributed by atoms with Gasteiger partial charge in [0.1, 0.15) is 11.5 Å². The Hall–Kier alpha value is -3.38. The number of carbonyl (C=O) groups is 2. The van der Waals surface area contributed by atoms with Crippen LogP contribution in [0.4, 0.5) is 5.82 Å². The summed E-state index contributed by atoms with van der Waals surface area (Å²) in [5, 5.41) is 15.4. The third-order valence-electron chi connectivity index (χ3n) is 4.82. The molecule has 1 amide bonds. The maximum Gasteiger partial charge on any atom is 0.301 e. The number of rotatable bonds is 3. The lowest BCUT2D eigenvalue weighted by Crippen LogP contribution is -2.29. The van der Waals surface area contributed by atoms with Gasteiger partial charge in [-0.15, -0.1) is 0 Å². The Bertz CT molecular complexity index is 1130. The van der Waals surface area contributed by atoms with Gasteiger partial charge in [0, 0.05) is 16.7 Å². The van der Waals surface area contributed by atoms with Gasteiger partial charge < -0.3 is 9.63 Å². The van der Waals surface area contributed by atoms with Crippen LogP contribution in [0.3, 0.4) is 0 Å². The second-order valence-electron chi connectivity index (χ2n) is 6.88. The molecule has 7 heteroatoms. The van der Waals surface area contributed by atoms with Gasteiger partial charge in [0.25, 0.3) is 5.78 Å². The third kappa shape index (κ3) is 3.32. The topological polar surface area (TPSA) is 83.6 Å². The van der Waals surface area contributed by atoms with Gasteiger partial charge in [0.15, 0.2) is 5.82 Å². The number of halogens is 1. The molecule has 146 valence electrons. The highest BCUT2D eigenvalue weighted by Crippen LogP contribution is 2.41. The Morgan fingerprint density at radius 3 is 2.31 bits per heavy atom. The van der Waals surface area contributed by atoms with Crippen LogP contribution in [0.25, 0.3) is 5.76 Å². The molecule has 0 spiro atoms. The van der Waals surface area contributed by atoms with Crippen molar-refractivity contribution in [3.8, 4) is 0 Å². The highest BCUT2D eigenvalue weighted by Gasteiger charge is 2.48. The zero-order chi connectivity index (χ0) is 20.7. The first-order chi connectivity index (χ1) is 13.9. The number of nitrogens with zero attached hydrogens (tertiary/aromatic N) is 2. The number of aliphatic hydroxyl groups excluding tert-OH is 1. The maximum atomic E-state index is 12.9. The number of carbonyl (C=O) groups excluding carboxylic acids is 2. The van der Waals surface area contributed by atoms with Crippen LogP contribution in [0.15, 0.2) is 64.7 Å². The zero-order valence-electron chi connectivity index (χ0n) is 15.7. The van der Waals surface area contributed by atoms with Crippen LogP contribution in [0, 0.1) is 13.8 Å². The van der Waals surface area contributed by atoms with Crippen LogP contribution in [-0.2, 0) is 9.59 Å². The van der Waals surface area contributed by atoms with Gasteiger partial charge in [-0.1, -0.05) is 46.6 Å². The first-order valence-electron chi connectivity index (χ1n) is 8.93. The van der Waals surface area contributed by atoms with E-state index in [4.69, 9.17) is 16.1 Å². The molecular formula is C22H17ClN2O4. The molecule has 2 heterocycles. The molecule has 1 aromatic heterocycles. The standard InChI is InChI=1S/C22H17ClN2O4/c1-12-3-5-14(6-4-12)19-18(20(26)15-7-9-16(23)10-8-15)21(27)22(28)25(19)17-11-13(2)29-24-17/h3-11,19,26H,1-2H3/b20-18+. The highest BCUT2D eigenvalue weighted by molar-refractivity contribution is 6.51. The van der Waals surface area contributed by atoms with Crippen LogP contribution < -0.4 is 4.90 Å². The molecule has 4 rings (SSSR count). The summed E-state index contributed by atoms with van der Waals surface area (Å²) in [5.74, 6) is -1.12. The fraction of sp³-hybridized carbons (Fsp3) is 0.136. The maximum absolute atomic E-state index is 12.9. The molecule has 1 atom stereocenters. The molecule has 0 aliphatic carbocycles. The number of aryl methyl sites for hydroxylation is 2. The Labute approximate surface area is 172 Å². The average Bonchev–Trinajstić information content (AvgIpc) is 3.24. The van der Waals surface area contributed by atoms with Crippen molar-refractivity contribution in [2.45, 2.75) is 19.9 Å². The summed E-state index contributed by atoms with van der Waals surface area (Å²) in [7, 11) is 0. The van der Waals surface area contributed by atoms with Gasteiger partial charge in [-0.3, -0.25) is 14.5 Å². The fourth-order valence-corrected chi connectivity index (χ4v) is 3.49. The van der Waals surface area contributed by atoms with E-state index < -0.39 is 17.7 Å². The van der Waals surface area contributed by atoms with Crippen LogP contribution >= 0.6 is 11.6 Å². The van der Waals surface area contributed by atoms with Crippen molar-refractivity contribution >= 4 is 34.9 Å². The molecule has 1 fully saturated rings. The number of aromatic nitrogens is 1. The number of benzene rings is 2. The lowest BCUT2D eigenvalue weighted by Gasteiger charge is -2.23. The summed E-state index contributed by atoms with van der Waals surface area (Å²) in [6, 6.07) is 14.5. The Kier molecular flexibility index (Phi) is 4.72. The van der Waals surface area contributed by atoms with Crippen molar-refractivity contribution in [1.29, 1.82) is 0 Å². The molecule has 29 heavy (non-hydrogen) atoms. The van der Waals surface area contributed by atoms with Crippen molar-refractivity contribution in [2.75, 3.05) is 4.90 Å².